The summed E-state index contributed by atoms with van der Waals surface area (Å²) in [7, 11) is -3.73. The second-order valence-corrected chi connectivity index (χ2v) is 4.80. The summed E-state index contributed by atoms with van der Waals surface area (Å²) in [4.78, 5) is 0.116. The molecule has 0 unspecified atom stereocenters. The lowest BCUT2D eigenvalue weighted by Gasteiger charge is -2.03. The predicted molar refractivity (Wildman–Crippen MR) is 57.4 cm³/mol. The predicted octanol–water partition coefficient (Wildman–Crippen LogP) is 1.52. The van der Waals surface area contributed by atoms with Gasteiger partial charge in [0.1, 0.15) is 11.2 Å². The van der Waals surface area contributed by atoms with Gasteiger partial charge in [0, 0.05) is 5.70 Å². The molecule has 2 N–H and O–H groups in total. The van der Waals surface area contributed by atoms with Gasteiger partial charge in [-0.05, 0) is 26.0 Å². The van der Waals surface area contributed by atoms with E-state index < -0.39 is 10.1 Å². The summed E-state index contributed by atoms with van der Waals surface area (Å²) in [5.74, 6) is 0. The summed E-state index contributed by atoms with van der Waals surface area (Å²) < 4.78 is 27.7. The lowest BCUT2D eigenvalue weighted by molar-refractivity contribution is 0.439. The number of hydrogen-bond acceptors (Lipinski definition) is 4. The van der Waals surface area contributed by atoms with Crippen molar-refractivity contribution in [3.63, 3.8) is 0 Å². The standard InChI is InChI=1S/C10H13NO3S/c1-8-3-5-10(6-4-8)15(12,13)14-7-9(2)11/h3-7H,11H2,1-2H3. The van der Waals surface area contributed by atoms with Crippen molar-refractivity contribution in [3.05, 3.63) is 41.8 Å². The molecule has 1 rings (SSSR count). The van der Waals surface area contributed by atoms with E-state index in [1.807, 2.05) is 6.92 Å². The SMILES string of the molecule is CC(N)=COS(=O)(=O)c1ccc(C)cc1. The van der Waals surface area contributed by atoms with Crippen molar-refractivity contribution in [1.82, 2.24) is 0 Å². The third-order valence-electron chi connectivity index (χ3n) is 1.67. The molecule has 0 aromatic heterocycles. The molecule has 0 aliphatic rings. The summed E-state index contributed by atoms with van der Waals surface area (Å²) in [6.07, 6.45) is 1.01. The zero-order valence-electron chi connectivity index (χ0n) is 8.60. The quantitative estimate of drug-likeness (QED) is 0.628. The van der Waals surface area contributed by atoms with Gasteiger partial charge in [0.05, 0.1) is 0 Å². The van der Waals surface area contributed by atoms with Crippen molar-refractivity contribution in [1.29, 1.82) is 0 Å². The van der Waals surface area contributed by atoms with Gasteiger partial charge in [-0.15, -0.1) is 0 Å². The van der Waals surface area contributed by atoms with Gasteiger partial charge >= 0.3 is 10.1 Å². The van der Waals surface area contributed by atoms with Gasteiger partial charge in [0.2, 0.25) is 0 Å². The van der Waals surface area contributed by atoms with Crippen molar-refractivity contribution >= 4 is 10.1 Å². The minimum atomic E-state index is -3.73. The molecule has 1 aromatic rings. The molecule has 82 valence electrons. The zero-order chi connectivity index (χ0) is 11.5. The summed E-state index contributed by atoms with van der Waals surface area (Å²) in [5.41, 5.74) is 6.56. The molecule has 0 aliphatic heterocycles. The van der Waals surface area contributed by atoms with Gasteiger partial charge in [-0.25, -0.2) is 0 Å². The number of allylic oxidation sites excluding steroid dienone is 1. The maximum Gasteiger partial charge on any atom is 0.338 e. The first-order chi connectivity index (χ1) is 6.92. The largest absolute Gasteiger partial charge is 0.400 e. The van der Waals surface area contributed by atoms with E-state index in [9.17, 15) is 8.42 Å². The average molecular weight is 227 g/mol. The van der Waals surface area contributed by atoms with Crippen molar-refractivity contribution in [2.45, 2.75) is 18.7 Å². The number of nitrogens with two attached hydrogens (primary N) is 1. The molecule has 0 aliphatic carbocycles. The minimum absolute atomic E-state index is 0.116. The maximum absolute atomic E-state index is 11.5. The first-order valence-electron chi connectivity index (χ1n) is 4.34. The van der Waals surface area contributed by atoms with E-state index in [0.717, 1.165) is 11.8 Å². The topological polar surface area (TPSA) is 69.4 Å². The molecule has 0 saturated carbocycles. The van der Waals surface area contributed by atoms with E-state index in [1.54, 1.807) is 19.1 Å². The molecule has 0 radical (unpaired) electrons. The number of benzene rings is 1. The summed E-state index contributed by atoms with van der Waals surface area (Å²) in [5, 5.41) is 0. The normalized spacial score (nSPS) is 12.5. The Labute approximate surface area is 89.5 Å². The fraction of sp³-hybridized carbons (Fsp3) is 0.200. The number of hydrogen-bond donors (Lipinski definition) is 1. The minimum Gasteiger partial charge on any atom is -0.400 e. The van der Waals surface area contributed by atoms with Crippen LogP contribution in [0.3, 0.4) is 0 Å². The van der Waals surface area contributed by atoms with Crippen LogP contribution in [-0.2, 0) is 14.3 Å². The monoisotopic (exact) mass is 227 g/mol. The van der Waals surface area contributed by atoms with Crippen LogP contribution in [0.25, 0.3) is 0 Å². The third-order valence-corrected chi connectivity index (χ3v) is 2.87. The van der Waals surface area contributed by atoms with Gasteiger partial charge in [0.15, 0.2) is 0 Å². The molecule has 15 heavy (non-hydrogen) atoms. The van der Waals surface area contributed by atoms with E-state index in [0.29, 0.717) is 5.70 Å². The van der Waals surface area contributed by atoms with Gasteiger partial charge < -0.3 is 9.92 Å². The van der Waals surface area contributed by atoms with Crippen LogP contribution in [0, 0.1) is 6.92 Å². The molecule has 0 saturated heterocycles. The summed E-state index contributed by atoms with van der Waals surface area (Å²) in [6, 6.07) is 6.39. The number of aryl methyl sites for hydroxylation is 1. The highest BCUT2D eigenvalue weighted by atomic mass is 32.2. The average Bonchev–Trinajstić information content (AvgIpc) is 2.16. The van der Waals surface area contributed by atoms with Crippen molar-refractivity contribution in [3.8, 4) is 0 Å². The molecule has 0 spiro atoms. The maximum atomic E-state index is 11.5. The molecule has 0 fully saturated rings. The molecule has 1 aromatic carbocycles. The lowest BCUT2D eigenvalue weighted by Crippen LogP contribution is -2.04. The zero-order valence-corrected chi connectivity index (χ0v) is 9.41. The fourth-order valence-corrected chi connectivity index (χ4v) is 1.76. The van der Waals surface area contributed by atoms with Crippen LogP contribution in [-0.4, -0.2) is 8.42 Å². The Bertz CT molecular complexity index is 456. The van der Waals surface area contributed by atoms with Crippen molar-refractivity contribution in [2.24, 2.45) is 5.73 Å². The van der Waals surface area contributed by atoms with Crippen LogP contribution in [0.1, 0.15) is 12.5 Å². The molecule has 4 nitrogen and oxygen atoms in total. The van der Waals surface area contributed by atoms with Gasteiger partial charge in [-0.1, -0.05) is 17.7 Å². The van der Waals surface area contributed by atoms with E-state index in [-0.39, 0.29) is 4.90 Å². The van der Waals surface area contributed by atoms with Gasteiger partial charge in [0.25, 0.3) is 0 Å². The van der Waals surface area contributed by atoms with E-state index >= 15 is 0 Å². The van der Waals surface area contributed by atoms with Crippen LogP contribution in [0.15, 0.2) is 41.1 Å². The Balaban J connectivity index is 2.97. The second-order valence-electron chi connectivity index (χ2n) is 3.23. The van der Waals surface area contributed by atoms with Crippen molar-refractivity contribution < 1.29 is 12.6 Å². The van der Waals surface area contributed by atoms with Crippen LogP contribution in [0.5, 0.6) is 0 Å². The second kappa shape index (κ2) is 4.35. The molecule has 0 amide bonds. The van der Waals surface area contributed by atoms with Gasteiger partial charge in [-0.2, -0.15) is 8.42 Å². The molecular weight excluding hydrogens is 214 g/mol. The van der Waals surface area contributed by atoms with Gasteiger partial charge in [-0.3, -0.25) is 0 Å². The highest BCUT2D eigenvalue weighted by molar-refractivity contribution is 7.86. The lowest BCUT2D eigenvalue weighted by atomic mass is 10.2. The molecule has 0 atom stereocenters. The summed E-state index contributed by atoms with van der Waals surface area (Å²) in [6.45, 7) is 3.42. The van der Waals surface area contributed by atoms with Crippen LogP contribution >= 0.6 is 0 Å². The number of rotatable bonds is 3. The fourth-order valence-electron chi connectivity index (χ4n) is 0.900. The van der Waals surface area contributed by atoms with E-state index in [4.69, 9.17) is 5.73 Å². The molecule has 5 heteroatoms. The Hall–Kier alpha value is -1.49. The Morgan fingerprint density at radius 2 is 1.87 bits per heavy atom. The Kier molecular flexibility index (Phi) is 3.36. The van der Waals surface area contributed by atoms with Crippen LogP contribution in [0.4, 0.5) is 0 Å². The Morgan fingerprint density at radius 1 is 1.33 bits per heavy atom. The molecule has 0 heterocycles. The smallest absolute Gasteiger partial charge is 0.338 e. The van der Waals surface area contributed by atoms with E-state index in [2.05, 4.69) is 4.18 Å². The van der Waals surface area contributed by atoms with E-state index in [1.165, 1.54) is 12.1 Å². The molecular formula is C10H13NO3S. The first-order valence-corrected chi connectivity index (χ1v) is 5.75. The van der Waals surface area contributed by atoms with Crippen LogP contribution in [0.2, 0.25) is 0 Å². The molecule has 0 bridgehead atoms. The third kappa shape index (κ3) is 3.28. The first kappa shape index (κ1) is 11.6. The Morgan fingerprint density at radius 3 is 2.33 bits per heavy atom. The van der Waals surface area contributed by atoms with Crippen LogP contribution < -0.4 is 5.73 Å². The summed E-state index contributed by atoms with van der Waals surface area (Å²) >= 11 is 0. The van der Waals surface area contributed by atoms with Crippen molar-refractivity contribution in [2.75, 3.05) is 0 Å². The highest BCUT2D eigenvalue weighted by Crippen LogP contribution is 2.13. The highest BCUT2D eigenvalue weighted by Gasteiger charge is 2.13.